The molecule has 0 heterocycles. The fourth-order valence-corrected chi connectivity index (χ4v) is 1.37. The van der Waals surface area contributed by atoms with Crippen molar-refractivity contribution in [3.63, 3.8) is 0 Å². The Morgan fingerprint density at radius 1 is 1.47 bits per heavy atom. The minimum absolute atomic E-state index is 0.220. The van der Waals surface area contributed by atoms with E-state index in [1.165, 1.54) is 5.56 Å². The molecule has 0 aliphatic rings. The van der Waals surface area contributed by atoms with Gasteiger partial charge in [-0.2, -0.15) is 5.26 Å². The molecule has 80 valence electrons. The van der Waals surface area contributed by atoms with Crippen LogP contribution < -0.4 is 4.74 Å². The summed E-state index contributed by atoms with van der Waals surface area (Å²) in [5.41, 5.74) is 1.17. The quantitative estimate of drug-likeness (QED) is 0.775. The van der Waals surface area contributed by atoms with Crippen molar-refractivity contribution in [3.8, 4) is 11.2 Å². The van der Waals surface area contributed by atoms with Crippen molar-refractivity contribution in [1.82, 2.24) is 0 Å². The van der Waals surface area contributed by atoms with E-state index >= 15 is 0 Å². The van der Waals surface area contributed by atoms with Crippen molar-refractivity contribution >= 4 is 11.8 Å². The van der Waals surface area contributed by atoms with Crippen LogP contribution in [0.3, 0.4) is 0 Å². The van der Waals surface area contributed by atoms with Gasteiger partial charge in [-0.05, 0) is 30.8 Å². The van der Waals surface area contributed by atoms with E-state index in [1.807, 2.05) is 36.6 Å². The number of aliphatic hydroxyl groups is 1. The van der Waals surface area contributed by atoms with E-state index < -0.39 is 6.10 Å². The molecule has 0 aliphatic heterocycles. The fourth-order valence-electron chi connectivity index (χ4n) is 1.01. The van der Waals surface area contributed by atoms with Crippen molar-refractivity contribution in [2.45, 2.75) is 13.0 Å². The van der Waals surface area contributed by atoms with Crippen molar-refractivity contribution in [2.24, 2.45) is 0 Å². The molecule has 0 aromatic heterocycles. The third kappa shape index (κ3) is 4.73. The van der Waals surface area contributed by atoms with E-state index in [0.717, 1.165) is 17.5 Å². The number of hydrogen-bond acceptors (Lipinski definition) is 4. The monoisotopic (exact) mass is 223 g/mol. The van der Waals surface area contributed by atoms with Gasteiger partial charge >= 0.3 is 0 Å². The lowest BCUT2D eigenvalue weighted by molar-refractivity contribution is 0.126. The van der Waals surface area contributed by atoms with E-state index in [1.54, 1.807) is 0 Å². The highest BCUT2D eigenvalue weighted by Crippen LogP contribution is 2.12. The van der Waals surface area contributed by atoms with Gasteiger partial charge in [-0.15, -0.1) is 0 Å². The lowest BCUT2D eigenvalue weighted by Crippen LogP contribution is -2.19. The highest BCUT2D eigenvalue weighted by molar-refractivity contribution is 8.03. The molecule has 0 unspecified atom stereocenters. The zero-order chi connectivity index (χ0) is 11.1. The molecule has 1 aromatic rings. The molecule has 0 saturated heterocycles. The van der Waals surface area contributed by atoms with Gasteiger partial charge in [-0.25, -0.2) is 0 Å². The summed E-state index contributed by atoms with van der Waals surface area (Å²) in [4.78, 5) is 0. The molecule has 0 radical (unpaired) electrons. The maximum Gasteiger partial charge on any atom is 0.133 e. The lowest BCUT2D eigenvalue weighted by atomic mass is 10.2. The lowest BCUT2D eigenvalue weighted by Gasteiger charge is -2.10. The van der Waals surface area contributed by atoms with Gasteiger partial charge in [0.1, 0.15) is 17.8 Å². The molecule has 0 aliphatic carbocycles. The maximum absolute atomic E-state index is 9.40. The first-order valence-corrected chi connectivity index (χ1v) is 5.59. The first-order chi connectivity index (χ1) is 7.22. The number of thioether (sulfide) groups is 1. The average molecular weight is 223 g/mol. The van der Waals surface area contributed by atoms with Crippen molar-refractivity contribution in [1.29, 1.82) is 5.26 Å². The van der Waals surface area contributed by atoms with E-state index in [4.69, 9.17) is 10.00 Å². The Balaban J connectivity index is 2.31. The number of nitrogens with zero attached hydrogens (tertiary/aromatic N) is 1. The molecule has 0 amide bonds. The molecule has 1 atom stereocenters. The Morgan fingerprint density at radius 2 is 2.13 bits per heavy atom. The van der Waals surface area contributed by atoms with Gasteiger partial charge < -0.3 is 9.84 Å². The van der Waals surface area contributed by atoms with E-state index in [-0.39, 0.29) is 6.61 Å². The summed E-state index contributed by atoms with van der Waals surface area (Å²) in [7, 11) is 0. The topological polar surface area (TPSA) is 53.2 Å². The summed E-state index contributed by atoms with van der Waals surface area (Å²) in [5.74, 6) is 1.11. The van der Waals surface area contributed by atoms with Gasteiger partial charge in [0, 0.05) is 5.75 Å². The molecule has 1 rings (SSSR count). The second-order valence-electron chi connectivity index (χ2n) is 3.18. The van der Waals surface area contributed by atoms with Crippen LogP contribution in [0.5, 0.6) is 5.75 Å². The Bertz CT molecular complexity index is 331. The minimum Gasteiger partial charge on any atom is -0.491 e. The summed E-state index contributed by atoms with van der Waals surface area (Å²) in [6.45, 7) is 2.22. The van der Waals surface area contributed by atoms with E-state index in [0.29, 0.717) is 5.75 Å². The SMILES string of the molecule is Cc1ccc(OC[C@H](O)CSC#N)cc1. The molecule has 3 nitrogen and oxygen atoms in total. The number of aliphatic hydroxyl groups excluding tert-OH is 1. The smallest absolute Gasteiger partial charge is 0.133 e. The number of benzene rings is 1. The van der Waals surface area contributed by atoms with Crippen LogP contribution in [0.15, 0.2) is 24.3 Å². The number of thiocyanates is 1. The summed E-state index contributed by atoms with van der Waals surface area (Å²) >= 11 is 1.03. The molecule has 15 heavy (non-hydrogen) atoms. The Kier molecular flexibility index (Phi) is 5.02. The van der Waals surface area contributed by atoms with E-state index in [9.17, 15) is 5.11 Å². The molecular formula is C11H13NO2S. The molecular weight excluding hydrogens is 210 g/mol. The van der Waals surface area contributed by atoms with Gasteiger partial charge in [0.25, 0.3) is 0 Å². The van der Waals surface area contributed by atoms with Crippen LogP contribution in [0.25, 0.3) is 0 Å². The van der Waals surface area contributed by atoms with Gasteiger partial charge in [-0.3, -0.25) is 0 Å². The largest absolute Gasteiger partial charge is 0.491 e. The highest BCUT2D eigenvalue weighted by Gasteiger charge is 2.04. The van der Waals surface area contributed by atoms with Crippen LogP contribution in [-0.4, -0.2) is 23.6 Å². The molecule has 0 spiro atoms. The second-order valence-corrected chi connectivity index (χ2v) is 3.98. The predicted molar refractivity (Wildman–Crippen MR) is 60.8 cm³/mol. The van der Waals surface area contributed by atoms with E-state index in [2.05, 4.69) is 0 Å². The van der Waals surface area contributed by atoms with Crippen LogP contribution in [-0.2, 0) is 0 Å². The zero-order valence-electron chi connectivity index (χ0n) is 8.51. The standard InChI is InChI=1S/C11H13NO2S/c1-9-2-4-11(5-3-9)14-6-10(13)7-15-8-12/h2-5,10,13H,6-7H2,1H3/t10-/m0/s1. The summed E-state index contributed by atoms with van der Waals surface area (Å²) < 4.78 is 5.35. The average Bonchev–Trinajstić information content (AvgIpc) is 2.25. The highest BCUT2D eigenvalue weighted by atomic mass is 32.2. The third-order valence-electron chi connectivity index (χ3n) is 1.80. The molecule has 0 saturated carbocycles. The summed E-state index contributed by atoms with van der Waals surface area (Å²) in [6.07, 6.45) is -0.601. The Labute approximate surface area is 93.7 Å². The normalized spacial score (nSPS) is 11.8. The summed E-state index contributed by atoms with van der Waals surface area (Å²) in [5, 5.41) is 19.6. The van der Waals surface area contributed by atoms with Crippen LogP contribution in [0.2, 0.25) is 0 Å². The van der Waals surface area contributed by atoms with Crippen LogP contribution in [0, 0.1) is 17.6 Å². The van der Waals surface area contributed by atoms with Crippen molar-refractivity contribution in [2.75, 3.05) is 12.4 Å². The van der Waals surface area contributed by atoms with Crippen LogP contribution >= 0.6 is 11.8 Å². The van der Waals surface area contributed by atoms with Crippen molar-refractivity contribution in [3.05, 3.63) is 29.8 Å². The number of hydrogen-bond donors (Lipinski definition) is 1. The Morgan fingerprint density at radius 3 is 2.73 bits per heavy atom. The number of nitriles is 1. The summed E-state index contributed by atoms with van der Waals surface area (Å²) in [6, 6.07) is 7.62. The molecule has 0 fully saturated rings. The van der Waals surface area contributed by atoms with Gasteiger partial charge in [-0.1, -0.05) is 17.7 Å². The van der Waals surface area contributed by atoms with Gasteiger partial charge in [0.05, 0.1) is 6.10 Å². The first kappa shape index (κ1) is 11.9. The zero-order valence-corrected chi connectivity index (χ0v) is 9.33. The Hall–Kier alpha value is -1.18. The number of rotatable bonds is 5. The third-order valence-corrected chi connectivity index (χ3v) is 2.48. The van der Waals surface area contributed by atoms with Gasteiger partial charge in [0.2, 0.25) is 0 Å². The van der Waals surface area contributed by atoms with Crippen LogP contribution in [0.4, 0.5) is 0 Å². The molecule has 1 N–H and O–H groups in total. The second kappa shape index (κ2) is 6.33. The molecule has 4 heteroatoms. The number of aryl methyl sites for hydroxylation is 1. The van der Waals surface area contributed by atoms with Gasteiger partial charge in [0.15, 0.2) is 0 Å². The van der Waals surface area contributed by atoms with Crippen LogP contribution in [0.1, 0.15) is 5.56 Å². The molecule has 1 aromatic carbocycles. The predicted octanol–water partition coefficient (Wildman–Crippen LogP) is 1.95. The maximum atomic E-state index is 9.40. The fraction of sp³-hybridized carbons (Fsp3) is 0.364. The van der Waals surface area contributed by atoms with Crippen molar-refractivity contribution < 1.29 is 9.84 Å². The minimum atomic E-state index is -0.601. The number of ether oxygens (including phenoxy) is 1. The molecule has 0 bridgehead atoms. The first-order valence-electron chi connectivity index (χ1n) is 4.61.